The van der Waals surface area contributed by atoms with Gasteiger partial charge in [-0.15, -0.1) is 0 Å². The average molecular weight is 1350 g/mol. The van der Waals surface area contributed by atoms with Crippen molar-refractivity contribution in [3.05, 3.63) is 375 Å². The van der Waals surface area contributed by atoms with Crippen LogP contribution in [0, 0.1) is 0 Å². The highest BCUT2D eigenvalue weighted by atomic mass is 15.2. The standard InChI is InChI=1S/C102H66N4/c1-102(2)93-60-69(68-34-16-35-70(58-68)77-54-56-89(81-45-20-32-65-26-8-12-40-75(65)81)97-85(77)47-22-49-87(97)79-43-18-30-63-24-6-10-38-73(63)79)52-53-83(93)91-61-92-84-42-14-15-51-95(84)106(96(92)62-94(91)102)101-104-99(67-28-4-3-5-29-67)103-100(105-101)72-37-17-36-71(59-72)78-55-57-90(82-46-21-33-66-27-9-13-41-76(66)82)98-86(78)48-23-50-88(98)80-44-19-31-64-25-7-11-39-74(64)80/h3-62H,1-2H3. The van der Waals surface area contributed by atoms with E-state index in [0.717, 1.165) is 44.1 Å². The van der Waals surface area contributed by atoms with Gasteiger partial charge in [0.1, 0.15) is 0 Å². The molecule has 0 radical (unpaired) electrons. The van der Waals surface area contributed by atoms with Crippen molar-refractivity contribution in [3.63, 3.8) is 0 Å². The van der Waals surface area contributed by atoms with Crippen molar-refractivity contribution in [2.75, 3.05) is 0 Å². The van der Waals surface area contributed by atoms with Crippen molar-refractivity contribution in [1.82, 2.24) is 19.5 Å². The molecule has 0 aliphatic heterocycles. The number of aromatic nitrogens is 4. The summed E-state index contributed by atoms with van der Waals surface area (Å²) in [7, 11) is 0. The molecule has 0 saturated carbocycles. The SMILES string of the molecule is CC1(C)c2cc(-c3cccc(-c4ccc(-c5cccc6ccccc56)c5c(-c6cccc7ccccc67)cccc45)c3)ccc2-c2cc3c4ccccc4n(-c4nc(-c5ccccc5)nc(-c5cccc(-c6ccc(-c7cccc8ccccc78)c7c(-c8cccc9ccccc89)cccc67)c5)n4)c3cc21. The van der Waals surface area contributed by atoms with Gasteiger partial charge in [-0.1, -0.05) is 341 Å². The van der Waals surface area contributed by atoms with Crippen LogP contribution in [0.1, 0.15) is 25.0 Å². The summed E-state index contributed by atoms with van der Waals surface area (Å²) in [5.74, 6) is 1.75. The fourth-order valence-corrected chi connectivity index (χ4v) is 17.6. The Bertz CT molecular complexity index is 6860. The maximum absolute atomic E-state index is 5.59. The third kappa shape index (κ3) is 9.72. The molecule has 0 spiro atoms. The molecule has 21 rings (SSSR count). The second-order valence-corrected chi connectivity index (χ2v) is 28.8. The highest BCUT2D eigenvalue weighted by Gasteiger charge is 2.37. The zero-order chi connectivity index (χ0) is 70.1. The Morgan fingerprint density at radius 3 is 1.10 bits per heavy atom. The van der Waals surface area contributed by atoms with Gasteiger partial charge in [0.25, 0.3) is 0 Å². The first-order valence-electron chi connectivity index (χ1n) is 36.6. The van der Waals surface area contributed by atoms with Gasteiger partial charge in [-0.3, -0.25) is 4.57 Å². The van der Waals surface area contributed by atoms with Gasteiger partial charge in [-0.05, 0) is 201 Å². The molecule has 0 atom stereocenters. The largest absolute Gasteiger partial charge is 0.278 e. The number of hydrogen-bond donors (Lipinski definition) is 0. The van der Waals surface area contributed by atoms with Crippen molar-refractivity contribution >= 4 is 86.4 Å². The molecular weight excluding hydrogens is 1280 g/mol. The van der Waals surface area contributed by atoms with E-state index in [9.17, 15) is 0 Å². The molecule has 4 nitrogen and oxygen atoms in total. The van der Waals surface area contributed by atoms with Crippen molar-refractivity contribution < 1.29 is 0 Å². The number of fused-ring (bicyclic) bond motifs is 12. The summed E-state index contributed by atoms with van der Waals surface area (Å²) in [6, 6.07) is 134. The molecule has 0 amide bonds. The van der Waals surface area contributed by atoms with Gasteiger partial charge in [-0.2, -0.15) is 9.97 Å². The molecule has 0 unspecified atom stereocenters. The van der Waals surface area contributed by atoms with E-state index in [-0.39, 0.29) is 5.41 Å². The third-order valence-corrected chi connectivity index (χ3v) is 22.7. The molecule has 2 heterocycles. The van der Waals surface area contributed by atoms with E-state index in [2.05, 4.69) is 376 Å². The number of para-hydroxylation sites is 1. The van der Waals surface area contributed by atoms with E-state index in [1.165, 1.54) is 154 Å². The van der Waals surface area contributed by atoms with Gasteiger partial charge in [0, 0.05) is 27.3 Å². The number of benzene rings is 18. The van der Waals surface area contributed by atoms with Gasteiger partial charge >= 0.3 is 0 Å². The van der Waals surface area contributed by atoms with Gasteiger partial charge in [0.05, 0.1) is 11.0 Å². The van der Waals surface area contributed by atoms with Crippen molar-refractivity contribution in [3.8, 4) is 118 Å². The second kappa shape index (κ2) is 24.2. The Labute approximate surface area is 614 Å². The van der Waals surface area contributed by atoms with Crippen LogP contribution in [-0.2, 0) is 5.41 Å². The number of nitrogens with zero attached hydrogens (tertiary/aromatic N) is 4. The maximum Gasteiger partial charge on any atom is 0.238 e. The van der Waals surface area contributed by atoms with Crippen LogP contribution in [0.3, 0.4) is 0 Å². The van der Waals surface area contributed by atoms with E-state index in [1.54, 1.807) is 0 Å². The molecular formula is C102H66N4. The minimum absolute atomic E-state index is 0.369. The molecule has 106 heavy (non-hydrogen) atoms. The van der Waals surface area contributed by atoms with E-state index >= 15 is 0 Å². The van der Waals surface area contributed by atoms with Crippen LogP contribution in [0.15, 0.2) is 364 Å². The molecule has 1 aliphatic rings. The van der Waals surface area contributed by atoms with Gasteiger partial charge in [0.15, 0.2) is 11.6 Å². The van der Waals surface area contributed by atoms with Crippen LogP contribution >= 0.6 is 0 Å². The maximum atomic E-state index is 5.59. The Balaban J connectivity index is 0.681. The molecule has 0 N–H and O–H groups in total. The van der Waals surface area contributed by atoms with Gasteiger partial charge < -0.3 is 0 Å². The average Bonchev–Trinajstić information content (AvgIpc) is 1.62. The Hall–Kier alpha value is -13.7. The lowest BCUT2D eigenvalue weighted by molar-refractivity contribution is 0.661. The minimum atomic E-state index is -0.369. The Morgan fingerprint density at radius 1 is 0.208 bits per heavy atom. The monoisotopic (exact) mass is 1350 g/mol. The molecule has 18 aromatic carbocycles. The lowest BCUT2D eigenvalue weighted by Gasteiger charge is -2.22. The zero-order valence-electron chi connectivity index (χ0n) is 58.4. The molecule has 494 valence electrons. The lowest BCUT2D eigenvalue weighted by atomic mass is 9.81. The van der Waals surface area contributed by atoms with Crippen LogP contribution in [0.2, 0.25) is 0 Å². The summed E-state index contributed by atoms with van der Waals surface area (Å²) in [4.78, 5) is 16.5. The van der Waals surface area contributed by atoms with Crippen molar-refractivity contribution in [2.45, 2.75) is 19.3 Å². The van der Waals surface area contributed by atoms with Gasteiger partial charge in [-0.25, -0.2) is 4.98 Å². The first kappa shape index (κ1) is 61.0. The van der Waals surface area contributed by atoms with Crippen LogP contribution in [0.4, 0.5) is 0 Å². The molecule has 0 fully saturated rings. The smallest absolute Gasteiger partial charge is 0.238 e. The normalized spacial score (nSPS) is 12.5. The van der Waals surface area contributed by atoms with Crippen LogP contribution < -0.4 is 0 Å². The summed E-state index contributed by atoms with van der Waals surface area (Å²) in [5.41, 5.74) is 25.2. The fraction of sp³-hybridized carbons (Fsp3) is 0.0294. The predicted octanol–water partition coefficient (Wildman–Crippen LogP) is 27.2. The summed E-state index contributed by atoms with van der Waals surface area (Å²) in [6.45, 7) is 4.78. The summed E-state index contributed by atoms with van der Waals surface area (Å²) in [6.07, 6.45) is 0. The highest BCUT2D eigenvalue weighted by Crippen LogP contribution is 2.54. The summed E-state index contributed by atoms with van der Waals surface area (Å²) < 4.78 is 2.28. The van der Waals surface area contributed by atoms with Crippen LogP contribution in [-0.4, -0.2) is 19.5 Å². The van der Waals surface area contributed by atoms with Gasteiger partial charge in [0.2, 0.25) is 5.95 Å². The van der Waals surface area contributed by atoms with E-state index in [4.69, 9.17) is 15.0 Å². The number of hydrogen-bond acceptors (Lipinski definition) is 3. The molecule has 0 saturated heterocycles. The summed E-state index contributed by atoms with van der Waals surface area (Å²) >= 11 is 0. The van der Waals surface area contributed by atoms with E-state index in [0.29, 0.717) is 17.6 Å². The quantitative estimate of drug-likeness (QED) is 0.137. The highest BCUT2D eigenvalue weighted by molar-refractivity contribution is 6.20. The topological polar surface area (TPSA) is 43.6 Å². The predicted molar refractivity (Wildman–Crippen MR) is 446 cm³/mol. The number of rotatable bonds is 10. The molecule has 1 aliphatic carbocycles. The van der Waals surface area contributed by atoms with E-state index < -0.39 is 0 Å². The van der Waals surface area contributed by atoms with E-state index in [1.807, 2.05) is 6.07 Å². The lowest BCUT2D eigenvalue weighted by Crippen LogP contribution is -2.15. The second-order valence-electron chi connectivity index (χ2n) is 28.8. The third-order valence-electron chi connectivity index (χ3n) is 22.7. The van der Waals surface area contributed by atoms with Crippen LogP contribution in [0.5, 0.6) is 0 Å². The van der Waals surface area contributed by atoms with Crippen molar-refractivity contribution in [1.29, 1.82) is 0 Å². The Kier molecular flexibility index (Phi) is 14.0. The van der Waals surface area contributed by atoms with Crippen molar-refractivity contribution in [2.24, 2.45) is 0 Å². The Morgan fingerprint density at radius 2 is 0.566 bits per heavy atom. The first-order chi connectivity index (χ1) is 52.3. The molecule has 0 bridgehead atoms. The van der Waals surface area contributed by atoms with Crippen LogP contribution in [0.25, 0.3) is 204 Å². The zero-order valence-corrected chi connectivity index (χ0v) is 58.4. The summed E-state index contributed by atoms with van der Waals surface area (Å²) in [5, 5.41) is 16.9. The molecule has 20 aromatic rings. The first-order valence-corrected chi connectivity index (χ1v) is 36.6. The minimum Gasteiger partial charge on any atom is -0.278 e. The molecule has 2 aromatic heterocycles. The molecule has 4 heteroatoms. The fourth-order valence-electron chi connectivity index (χ4n) is 17.6.